The Hall–Kier alpha value is -3.09. The highest BCUT2D eigenvalue weighted by Crippen LogP contribution is 2.28. The van der Waals surface area contributed by atoms with E-state index in [0.29, 0.717) is 30.2 Å². The molecule has 0 aliphatic rings. The Morgan fingerprint density at radius 2 is 1.79 bits per heavy atom. The zero-order valence-electron chi connectivity index (χ0n) is 16.0. The fourth-order valence-electron chi connectivity index (χ4n) is 2.63. The van der Waals surface area contributed by atoms with Gasteiger partial charge in [-0.15, -0.1) is 0 Å². The van der Waals surface area contributed by atoms with Gasteiger partial charge in [-0.1, -0.05) is 24.3 Å². The van der Waals surface area contributed by atoms with Crippen LogP contribution in [0.4, 0.5) is 8.78 Å². The molecular weight excluding hydrogens is 368 g/mol. The fourth-order valence-corrected chi connectivity index (χ4v) is 2.63. The lowest BCUT2D eigenvalue weighted by Crippen LogP contribution is -2.28. The molecule has 0 heterocycles. The smallest absolute Gasteiger partial charge is 0.387 e. The highest BCUT2D eigenvalue weighted by atomic mass is 19.3. The van der Waals surface area contributed by atoms with E-state index in [9.17, 15) is 13.6 Å². The van der Waals surface area contributed by atoms with Gasteiger partial charge in [0.25, 0.3) is 0 Å². The largest absolute Gasteiger partial charge is 0.493 e. The monoisotopic (exact) mass is 391 g/mol. The molecule has 2 rings (SSSR count). The molecule has 0 spiro atoms. The summed E-state index contributed by atoms with van der Waals surface area (Å²) < 4.78 is 40.0. The number of likely N-dealkylation sites (N-methyl/N-ethyl adjacent to an activating group) is 1. The summed E-state index contributed by atoms with van der Waals surface area (Å²) in [5.41, 5.74) is 1.28. The van der Waals surface area contributed by atoms with Gasteiger partial charge in [-0.25, -0.2) is 0 Å². The lowest BCUT2D eigenvalue weighted by atomic mass is 10.1. The number of nitrogens with zero attached hydrogens (tertiary/aromatic N) is 1. The van der Waals surface area contributed by atoms with Crippen LogP contribution in [0.1, 0.15) is 18.1 Å². The second-order valence-electron chi connectivity index (χ2n) is 5.79. The third-order valence-corrected chi connectivity index (χ3v) is 4.06. The Bertz CT molecular complexity index is 824. The van der Waals surface area contributed by atoms with Crippen LogP contribution in [0.3, 0.4) is 0 Å². The van der Waals surface area contributed by atoms with E-state index < -0.39 is 6.61 Å². The van der Waals surface area contributed by atoms with Crippen LogP contribution in [-0.2, 0) is 11.3 Å². The molecule has 0 bridgehead atoms. The van der Waals surface area contributed by atoms with E-state index >= 15 is 0 Å². The number of methoxy groups -OCH3 is 2. The van der Waals surface area contributed by atoms with Gasteiger partial charge in [0.2, 0.25) is 5.91 Å². The molecular formula is C21H23F2NO4. The first-order valence-electron chi connectivity index (χ1n) is 8.70. The van der Waals surface area contributed by atoms with Crippen molar-refractivity contribution in [1.82, 2.24) is 4.90 Å². The molecule has 28 heavy (non-hydrogen) atoms. The van der Waals surface area contributed by atoms with Gasteiger partial charge in [0.1, 0.15) is 5.75 Å². The Morgan fingerprint density at radius 3 is 2.43 bits per heavy atom. The van der Waals surface area contributed by atoms with Crippen LogP contribution in [0.15, 0.2) is 48.5 Å². The van der Waals surface area contributed by atoms with E-state index in [-0.39, 0.29) is 11.7 Å². The number of ether oxygens (including phenoxy) is 3. The van der Waals surface area contributed by atoms with Gasteiger partial charge in [0.05, 0.1) is 14.2 Å². The first kappa shape index (κ1) is 21.2. The lowest BCUT2D eigenvalue weighted by molar-refractivity contribution is -0.126. The summed E-state index contributed by atoms with van der Waals surface area (Å²) in [4.78, 5) is 14.2. The van der Waals surface area contributed by atoms with Crippen LogP contribution in [0.5, 0.6) is 17.2 Å². The standard InChI is InChI=1S/C21H23F2NO4/c1-4-24(14-15-9-11-18(26-2)19(13-15)27-3)20(25)12-10-16-7-5-6-8-17(16)28-21(22)23/h5-13,21H,4,14H2,1-3H3/b12-10-. The molecule has 5 nitrogen and oxygen atoms in total. The molecule has 150 valence electrons. The Kier molecular flexibility index (Phi) is 7.80. The van der Waals surface area contributed by atoms with Gasteiger partial charge >= 0.3 is 6.61 Å². The number of para-hydroxylation sites is 1. The second kappa shape index (κ2) is 10.3. The minimum absolute atomic E-state index is 0.0180. The summed E-state index contributed by atoms with van der Waals surface area (Å²) in [7, 11) is 3.10. The van der Waals surface area contributed by atoms with Crippen molar-refractivity contribution < 1.29 is 27.8 Å². The number of halogens is 2. The number of hydrogen-bond donors (Lipinski definition) is 0. The molecule has 0 unspecified atom stereocenters. The number of benzene rings is 2. The zero-order chi connectivity index (χ0) is 20.5. The third kappa shape index (κ3) is 5.70. The van der Waals surface area contributed by atoms with Crippen molar-refractivity contribution >= 4 is 12.0 Å². The van der Waals surface area contributed by atoms with Crippen molar-refractivity contribution in [2.24, 2.45) is 0 Å². The van der Waals surface area contributed by atoms with Crippen LogP contribution in [0.25, 0.3) is 6.08 Å². The fraction of sp³-hybridized carbons (Fsp3) is 0.286. The number of hydrogen-bond acceptors (Lipinski definition) is 4. The van der Waals surface area contributed by atoms with Crippen LogP contribution in [0, 0.1) is 0 Å². The maximum absolute atomic E-state index is 12.6. The van der Waals surface area contributed by atoms with Crippen molar-refractivity contribution in [3.63, 3.8) is 0 Å². The molecule has 0 aliphatic carbocycles. The molecule has 2 aromatic rings. The first-order chi connectivity index (χ1) is 13.5. The van der Waals surface area contributed by atoms with E-state index in [4.69, 9.17) is 9.47 Å². The summed E-state index contributed by atoms with van der Waals surface area (Å²) in [6.07, 6.45) is 2.81. The van der Waals surface area contributed by atoms with E-state index in [1.807, 2.05) is 19.1 Å². The van der Waals surface area contributed by atoms with Gasteiger partial charge in [-0.2, -0.15) is 8.78 Å². The topological polar surface area (TPSA) is 48.0 Å². The highest BCUT2D eigenvalue weighted by molar-refractivity contribution is 5.92. The molecule has 7 heteroatoms. The minimum atomic E-state index is -2.93. The molecule has 0 aromatic heterocycles. The van der Waals surface area contributed by atoms with Crippen molar-refractivity contribution in [3.05, 3.63) is 59.7 Å². The summed E-state index contributed by atoms with van der Waals surface area (Å²) in [5, 5.41) is 0. The minimum Gasteiger partial charge on any atom is -0.493 e. The van der Waals surface area contributed by atoms with Crippen molar-refractivity contribution in [2.45, 2.75) is 20.1 Å². The second-order valence-corrected chi connectivity index (χ2v) is 5.79. The van der Waals surface area contributed by atoms with Gasteiger partial charge in [-0.05, 0) is 36.8 Å². The average Bonchev–Trinajstić information content (AvgIpc) is 2.70. The molecule has 0 saturated carbocycles. The van der Waals surface area contributed by atoms with Gasteiger partial charge in [0.15, 0.2) is 11.5 Å². The van der Waals surface area contributed by atoms with E-state index in [1.165, 1.54) is 18.2 Å². The summed E-state index contributed by atoms with van der Waals surface area (Å²) in [6, 6.07) is 11.7. The van der Waals surface area contributed by atoms with Crippen LogP contribution < -0.4 is 14.2 Å². The molecule has 0 aliphatic heterocycles. The van der Waals surface area contributed by atoms with Crippen LogP contribution in [-0.4, -0.2) is 38.2 Å². The first-order valence-corrected chi connectivity index (χ1v) is 8.70. The van der Waals surface area contributed by atoms with Crippen molar-refractivity contribution in [2.75, 3.05) is 20.8 Å². The molecule has 0 fully saturated rings. The summed E-state index contributed by atoms with van der Waals surface area (Å²) >= 11 is 0. The predicted octanol–water partition coefficient (Wildman–Crippen LogP) is 4.37. The number of rotatable bonds is 9. The molecule has 0 radical (unpaired) electrons. The number of amides is 1. The van der Waals surface area contributed by atoms with Gasteiger partial charge in [-0.3, -0.25) is 4.79 Å². The number of carbonyl (C=O) groups excluding carboxylic acids is 1. The Balaban J connectivity index is 2.13. The summed E-state index contributed by atoms with van der Waals surface area (Å²) in [6.45, 7) is -0.218. The molecule has 2 aromatic carbocycles. The maximum atomic E-state index is 12.6. The third-order valence-electron chi connectivity index (χ3n) is 4.06. The Morgan fingerprint density at radius 1 is 1.07 bits per heavy atom. The van der Waals surface area contributed by atoms with E-state index in [0.717, 1.165) is 5.56 Å². The number of alkyl halides is 2. The maximum Gasteiger partial charge on any atom is 0.387 e. The molecule has 0 atom stereocenters. The zero-order valence-corrected chi connectivity index (χ0v) is 16.0. The predicted molar refractivity (Wildman–Crippen MR) is 103 cm³/mol. The van der Waals surface area contributed by atoms with Gasteiger partial charge < -0.3 is 19.1 Å². The SMILES string of the molecule is CCN(Cc1ccc(OC)c(OC)c1)C(=O)/C=C\c1ccccc1OC(F)F. The highest BCUT2D eigenvalue weighted by Gasteiger charge is 2.12. The molecule has 0 saturated heterocycles. The van der Waals surface area contributed by atoms with Crippen LogP contribution >= 0.6 is 0 Å². The van der Waals surface area contributed by atoms with E-state index in [2.05, 4.69) is 4.74 Å². The number of carbonyl (C=O) groups is 1. The van der Waals surface area contributed by atoms with E-state index in [1.54, 1.807) is 43.4 Å². The molecule has 1 amide bonds. The molecule has 0 N–H and O–H groups in total. The average molecular weight is 391 g/mol. The quantitative estimate of drug-likeness (QED) is 0.596. The Labute approximate surface area is 163 Å². The van der Waals surface area contributed by atoms with Gasteiger partial charge in [0, 0.05) is 24.7 Å². The van der Waals surface area contributed by atoms with Crippen LogP contribution in [0.2, 0.25) is 0 Å². The van der Waals surface area contributed by atoms with Crippen molar-refractivity contribution in [3.8, 4) is 17.2 Å². The van der Waals surface area contributed by atoms with Crippen molar-refractivity contribution in [1.29, 1.82) is 0 Å². The summed E-state index contributed by atoms with van der Waals surface area (Å²) in [5.74, 6) is 0.960. The normalized spacial score (nSPS) is 10.9. The lowest BCUT2D eigenvalue weighted by Gasteiger charge is -2.20.